The van der Waals surface area contributed by atoms with Gasteiger partial charge in [0.15, 0.2) is 0 Å². The lowest BCUT2D eigenvalue weighted by atomic mass is 10.0. The lowest BCUT2D eigenvalue weighted by Crippen LogP contribution is -2.44. The number of fused-ring (bicyclic) bond motifs is 2. The number of benzene rings is 4. The zero-order valence-corrected chi connectivity index (χ0v) is 23.0. The average molecular weight is 542 g/mol. The van der Waals surface area contributed by atoms with E-state index < -0.39 is 6.04 Å². The number of para-hydroxylation sites is 1. The molecule has 0 spiro atoms. The van der Waals surface area contributed by atoms with Gasteiger partial charge in [0.2, 0.25) is 5.95 Å². The van der Waals surface area contributed by atoms with Crippen molar-refractivity contribution in [2.24, 2.45) is 0 Å². The maximum Gasteiger partial charge on any atom is 0.263 e. The van der Waals surface area contributed by atoms with Gasteiger partial charge in [0.1, 0.15) is 6.04 Å². The van der Waals surface area contributed by atoms with Gasteiger partial charge in [0.05, 0.1) is 17.4 Å². The van der Waals surface area contributed by atoms with Crippen molar-refractivity contribution >= 4 is 28.4 Å². The summed E-state index contributed by atoms with van der Waals surface area (Å²) < 4.78 is 1.57. The van der Waals surface area contributed by atoms with E-state index in [1.807, 2.05) is 60.7 Å². The Balaban J connectivity index is 1.24. The quantitative estimate of drug-likeness (QED) is 0.315. The molecule has 1 fully saturated rings. The monoisotopic (exact) mass is 541 g/mol. The van der Waals surface area contributed by atoms with E-state index in [4.69, 9.17) is 4.98 Å². The fourth-order valence-corrected chi connectivity index (χ4v) is 5.90. The molecule has 1 amide bonds. The molecular weight excluding hydrogens is 510 g/mol. The second kappa shape index (κ2) is 10.3. The first-order chi connectivity index (χ1) is 20.1. The molecule has 7 heteroatoms. The molecule has 2 aliphatic heterocycles. The summed E-state index contributed by atoms with van der Waals surface area (Å²) in [6, 6.07) is 33.0. The molecule has 1 aromatic heterocycles. The summed E-state index contributed by atoms with van der Waals surface area (Å²) >= 11 is 0. The lowest BCUT2D eigenvalue weighted by Gasteiger charge is -2.34. The number of carbonyl (C=O) groups excluding carboxylic acids is 1. The van der Waals surface area contributed by atoms with E-state index in [9.17, 15) is 9.59 Å². The number of hydrogen-bond donors (Lipinski definition) is 0. The third kappa shape index (κ3) is 4.58. The molecule has 0 saturated carbocycles. The minimum Gasteiger partial charge on any atom is -0.369 e. The number of likely N-dealkylation sites (N-methyl/N-ethyl adjacent to an activating group) is 1. The Bertz CT molecular complexity index is 1770. The van der Waals surface area contributed by atoms with Gasteiger partial charge in [-0.3, -0.25) is 19.1 Å². The van der Waals surface area contributed by atoms with Crippen molar-refractivity contribution in [3.8, 4) is 11.1 Å². The summed E-state index contributed by atoms with van der Waals surface area (Å²) in [6.45, 7) is 4.42. The Hall–Kier alpha value is -4.75. The molecule has 0 N–H and O–H groups in total. The van der Waals surface area contributed by atoms with Gasteiger partial charge < -0.3 is 9.80 Å². The van der Waals surface area contributed by atoms with Crippen LogP contribution in [0.3, 0.4) is 0 Å². The van der Waals surface area contributed by atoms with E-state index >= 15 is 0 Å². The topological polar surface area (TPSA) is 61.7 Å². The zero-order chi connectivity index (χ0) is 27.9. The molecule has 2 aliphatic rings. The Labute approximate surface area is 238 Å². The van der Waals surface area contributed by atoms with Crippen molar-refractivity contribution in [1.29, 1.82) is 0 Å². The van der Waals surface area contributed by atoms with Crippen LogP contribution in [0.15, 0.2) is 108 Å². The maximum absolute atomic E-state index is 14.1. The van der Waals surface area contributed by atoms with Crippen LogP contribution in [-0.4, -0.2) is 53.6 Å². The first-order valence-electron chi connectivity index (χ1n) is 14.1. The molecule has 0 radical (unpaired) electrons. The van der Waals surface area contributed by atoms with Crippen molar-refractivity contribution in [1.82, 2.24) is 14.5 Å². The van der Waals surface area contributed by atoms with Gasteiger partial charge in [0.25, 0.3) is 11.5 Å². The number of rotatable bonds is 5. The van der Waals surface area contributed by atoms with Crippen molar-refractivity contribution in [3.63, 3.8) is 0 Å². The fraction of sp³-hybridized carbons (Fsp3) is 0.206. The van der Waals surface area contributed by atoms with Crippen LogP contribution in [-0.2, 0) is 11.3 Å². The first kappa shape index (κ1) is 25.2. The van der Waals surface area contributed by atoms with E-state index in [0.29, 0.717) is 23.4 Å². The molecule has 7 nitrogen and oxygen atoms in total. The van der Waals surface area contributed by atoms with E-state index in [0.717, 1.165) is 48.4 Å². The molecule has 3 heterocycles. The molecule has 4 aromatic carbocycles. The Morgan fingerprint density at radius 2 is 1.39 bits per heavy atom. The summed E-state index contributed by atoms with van der Waals surface area (Å²) in [5.41, 5.74) is 5.49. The largest absolute Gasteiger partial charge is 0.369 e. The van der Waals surface area contributed by atoms with Crippen LogP contribution in [0, 0.1) is 0 Å². The number of amides is 1. The molecule has 0 bridgehead atoms. The smallest absolute Gasteiger partial charge is 0.263 e. The van der Waals surface area contributed by atoms with Gasteiger partial charge >= 0.3 is 0 Å². The molecule has 1 atom stereocenters. The molecule has 1 saturated heterocycles. The summed E-state index contributed by atoms with van der Waals surface area (Å²) in [4.78, 5) is 39.2. The Kier molecular flexibility index (Phi) is 6.36. The van der Waals surface area contributed by atoms with Crippen LogP contribution in [0.2, 0.25) is 0 Å². The van der Waals surface area contributed by atoms with Crippen LogP contribution in [0.1, 0.15) is 17.2 Å². The molecule has 7 rings (SSSR count). The van der Waals surface area contributed by atoms with Gasteiger partial charge in [-0.1, -0.05) is 78.9 Å². The third-order valence-electron chi connectivity index (χ3n) is 8.27. The van der Waals surface area contributed by atoms with E-state index in [1.54, 1.807) is 15.5 Å². The summed E-state index contributed by atoms with van der Waals surface area (Å²) in [6.07, 6.45) is 0. The fourth-order valence-electron chi connectivity index (χ4n) is 5.90. The Morgan fingerprint density at radius 3 is 2.12 bits per heavy atom. The van der Waals surface area contributed by atoms with E-state index in [1.165, 1.54) is 5.69 Å². The molecule has 41 heavy (non-hydrogen) atoms. The molecule has 204 valence electrons. The highest BCUT2D eigenvalue weighted by Gasteiger charge is 2.40. The first-order valence-corrected chi connectivity index (χ1v) is 14.1. The van der Waals surface area contributed by atoms with Gasteiger partial charge in [0, 0.05) is 31.9 Å². The highest BCUT2D eigenvalue weighted by atomic mass is 16.2. The van der Waals surface area contributed by atoms with Crippen molar-refractivity contribution < 1.29 is 4.79 Å². The van der Waals surface area contributed by atoms with Gasteiger partial charge in [-0.2, -0.15) is 0 Å². The summed E-state index contributed by atoms with van der Waals surface area (Å²) in [5, 5.41) is 0.508. The van der Waals surface area contributed by atoms with Gasteiger partial charge in [-0.05, 0) is 53.6 Å². The SMILES string of the molecule is CN1CCN(c2ccc(CN3C(=O)C(c4ccc(-c5ccccc5)cc4)n4c3nc3ccccc3c4=O)cc2)CC1. The van der Waals surface area contributed by atoms with Crippen LogP contribution in [0.4, 0.5) is 11.6 Å². The van der Waals surface area contributed by atoms with Crippen LogP contribution in [0.5, 0.6) is 0 Å². The van der Waals surface area contributed by atoms with Crippen molar-refractivity contribution in [2.45, 2.75) is 12.6 Å². The van der Waals surface area contributed by atoms with E-state index in [-0.39, 0.29) is 11.5 Å². The average Bonchev–Trinajstić information content (AvgIpc) is 3.29. The number of nitrogens with zero attached hydrogens (tertiary/aromatic N) is 5. The molecular formula is C34H31N5O2. The predicted molar refractivity (Wildman–Crippen MR) is 163 cm³/mol. The summed E-state index contributed by atoms with van der Waals surface area (Å²) in [5.74, 6) is 0.236. The van der Waals surface area contributed by atoms with Crippen LogP contribution >= 0.6 is 0 Å². The van der Waals surface area contributed by atoms with Crippen molar-refractivity contribution in [3.05, 3.63) is 125 Å². The highest BCUT2D eigenvalue weighted by Crippen LogP contribution is 2.35. The molecule has 0 aliphatic carbocycles. The minimum atomic E-state index is -0.774. The van der Waals surface area contributed by atoms with E-state index in [2.05, 4.69) is 53.2 Å². The number of hydrogen-bond acceptors (Lipinski definition) is 5. The highest BCUT2D eigenvalue weighted by molar-refractivity contribution is 6.01. The van der Waals surface area contributed by atoms with Gasteiger partial charge in [-0.15, -0.1) is 0 Å². The predicted octanol–water partition coefficient (Wildman–Crippen LogP) is 4.95. The summed E-state index contributed by atoms with van der Waals surface area (Å²) in [7, 11) is 2.15. The maximum atomic E-state index is 14.1. The van der Waals surface area contributed by atoms with Crippen molar-refractivity contribution in [2.75, 3.05) is 43.0 Å². The number of aromatic nitrogens is 2. The standard InChI is InChI=1S/C34H31N5O2/c1-36-19-21-37(22-20-36)28-17-11-24(12-18-28)23-38-33(41)31(27-15-13-26(14-16-27)25-7-3-2-4-8-25)39-32(40)29-9-5-6-10-30(29)35-34(38)39/h2-18,31H,19-23H2,1H3. The normalized spacial score (nSPS) is 17.3. The zero-order valence-electron chi connectivity index (χ0n) is 23.0. The van der Waals surface area contributed by atoms with Crippen LogP contribution in [0.25, 0.3) is 22.0 Å². The number of piperazine rings is 1. The lowest BCUT2D eigenvalue weighted by molar-refractivity contribution is -0.119. The third-order valence-corrected chi connectivity index (χ3v) is 8.27. The second-order valence-corrected chi connectivity index (χ2v) is 10.9. The Morgan fingerprint density at radius 1 is 0.732 bits per heavy atom. The number of anilines is 2. The molecule has 1 unspecified atom stereocenters. The van der Waals surface area contributed by atoms with Gasteiger partial charge in [-0.25, -0.2) is 4.98 Å². The van der Waals surface area contributed by atoms with Crippen LogP contribution < -0.4 is 15.4 Å². The second-order valence-electron chi connectivity index (χ2n) is 10.9. The molecule has 5 aromatic rings. The number of carbonyl (C=O) groups is 1. The minimum absolute atomic E-state index is 0.152.